The van der Waals surface area contributed by atoms with Crippen LogP contribution < -0.4 is 19.5 Å². The third-order valence-electron chi connectivity index (χ3n) is 2.85. The maximum absolute atomic E-state index is 12.1. The number of hydrogen-bond donors (Lipinski definition) is 2. The normalized spacial score (nSPS) is 11.0. The number of carbonyl (C=O) groups is 1. The Bertz CT molecular complexity index is 650. The standard InChI is InChI=1S/C17H21N2O3PS/c1-14(2)13-18-17(20)19-23(24,21-15-9-5-3-6-10-15)22-16-11-7-4-8-12-16/h3-12,14H,13H2,1-2H3,(H2,18,19,20,24). The highest BCUT2D eigenvalue weighted by molar-refractivity contribution is 8.09. The predicted octanol–water partition coefficient (Wildman–Crippen LogP) is 4.32. The molecule has 2 rings (SSSR count). The molecule has 24 heavy (non-hydrogen) atoms. The zero-order valence-electron chi connectivity index (χ0n) is 13.6. The van der Waals surface area contributed by atoms with Gasteiger partial charge in [0.25, 0.3) is 0 Å². The van der Waals surface area contributed by atoms with Crippen molar-refractivity contribution in [2.75, 3.05) is 6.54 Å². The summed E-state index contributed by atoms with van der Waals surface area (Å²) in [5.41, 5.74) is 0. The Balaban J connectivity index is 2.14. The lowest BCUT2D eigenvalue weighted by atomic mass is 10.2. The molecule has 0 aliphatic heterocycles. The first-order chi connectivity index (χ1) is 11.5. The van der Waals surface area contributed by atoms with Crippen molar-refractivity contribution in [3.05, 3.63) is 60.7 Å². The number of rotatable bonds is 7. The molecule has 0 unspecified atom stereocenters. The molecule has 0 atom stereocenters. The minimum absolute atomic E-state index is 0.332. The van der Waals surface area contributed by atoms with Gasteiger partial charge in [0.05, 0.1) is 0 Å². The van der Waals surface area contributed by atoms with Crippen LogP contribution in [0.5, 0.6) is 11.5 Å². The van der Waals surface area contributed by atoms with Gasteiger partial charge >= 0.3 is 12.7 Å². The van der Waals surface area contributed by atoms with Gasteiger partial charge in [-0.2, -0.15) is 0 Å². The number of nitrogens with one attached hydrogen (secondary N) is 2. The molecule has 0 spiro atoms. The van der Waals surface area contributed by atoms with E-state index in [1.165, 1.54) is 0 Å². The second-order valence-corrected chi connectivity index (χ2v) is 8.55. The zero-order valence-corrected chi connectivity index (χ0v) is 15.3. The van der Waals surface area contributed by atoms with Crippen LogP contribution >= 0.6 is 6.64 Å². The van der Waals surface area contributed by atoms with E-state index >= 15 is 0 Å². The fraction of sp³-hybridized carbons (Fsp3) is 0.235. The number of hydrogen-bond acceptors (Lipinski definition) is 4. The highest BCUT2D eigenvalue weighted by Gasteiger charge is 2.26. The topological polar surface area (TPSA) is 59.6 Å². The van der Waals surface area contributed by atoms with Crippen molar-refractivity contribution in [1.29, 1.82) is 0 Å². The Morgan fingerprint density at radius 2 is 1.46 bits per heavy atom. The first-order valence-electron chi connectivity index (χ1n) is 7.62. The van der Waals surface area contributed by atoms with Gasteiger partial charge in [-0.05, 0) is 30.2 Å². The van der Waals surface area contributed by atoms with Crippen molar-refractivity contribution in [3.8, 4) is 11.5 Å². The molecule has 0 radical (unpaired) electrons. The first-order valence-corrected chi connectivity index (χ1v) is 10.3. The molecule has 0 saturated heterocycles. The van der Waals surface area contributed by atoms with E-state index in [1.807, 2.05) is 50.2 Å². The van der Waals surface area contributed by atoms with Gasteiger partial charge in [-0.1, -0.05) is 50.2 Å². The van der Waals surface area contributed by atoms with E-state index in [0.717, 1.165) is 0 Å². The molecule has 0 saturated carbocycles. The lowest BCUT2D eigenvalue weighted by Gasteiger charge is -2.24. The van der Waals surface area contributed by atoms with Gasteiger partial charge in [0.2, 0.25) is 0 Å². The van der Waals surface area contributed by atoms with Crippen LogP contribution in [0.4, 0.5) is 4.79 Å². The van der Waals surface area contributed by atoms with Gasteiger partial charge in [-0.15, -0.1) is 0 Å². The van der Waals surface area contributed by atoms with Crippen LogP contribution in [0.25, 0.3) is 0 Å². The summed E-state index contributed by atoms with van der Waals surface area (Å²) in [6.45, 7) is 1.45. The molecular formula is C17H21N2O3PS. The molecule has 2 aromatic rings. The Kier molecular flexibility index (Phi) is 6.64. The first kappa shape index (κ1) is 18.3. The highest BCUT2D eigenvalue weighted by atomic mass is 32.5. The third kappa shape index (κ3) is 6.22. The molecule has 2 aromatic carbocycles. The van der Waals surface area contributed by atoms with Gasteiger partial charge in [-0.3, -0.25) is 0 Å². The number of urea groups is 1. The van der Waals surface area contributed by atoms with E-state index in [-0.39, 0.29) is 0 Å². The Morgan fingerprint density at radius 1 is 1.00 bits per heavy atom. The van der Waals surface area contributed by atoms with Gasteiger partial charge in [-0.25, -0.2) is 9.88 Å². The van der Waals surface area contributed by atoms with Gasteiger partial charge < -0.3 is 14.4 Å². The van der Waals surface area contributed by atoms with E-state index in [4.69, 9.17) is 20.9 Å². The van der Waals surface area contributed by atoms with Crippen LogP contribution in [0.3, 0.4) is 0 Å². The SMILES string of the molecule is CC(C)CNC(=O)NP(=S)(Oc1ccccc1)Oc1ccccc1. The van der Waals surface area contributed by atoms with E-state index in [2.05, 4.69) is 10.4 Å². The Hall–Kier alpha value is -2.04. The van der Waals surface area contributed by atoms with Crippen molar-refractivity contribution >= 4 is 24.5 Å². The number of para-hydroxylation sites is 2. The van der Waals surface area contributed by atoms with Crippen molar-refractivity contribution in [3.63, 3.8) is 0 Å². The second-order valence-electron chi connectivity index (χ2n) is 5.52. The van der Waals surface area contributed by atoms with E-state index in [0.29, 0.717) is 24.0 Å². The molecule has 0 fully saturated rings. The van der Waals surface area contributed by atoms with E-state index in [9.17, 15) is 4.79 Å². The molecule has 2 N–H and O–H groups in total. The highest BCUT2D eigenvalue weighted by Crippen LogP contribution is 2.44. The average molecular weight is 364 g/mol. The minimum Gasteiger partial charge on any atom is -0.420 e. The van der Waals surface area contributed by atoms with Crippen molar-refractivity contribution in [1.82, 2.24) is 10.4 Å². The smallest absolute Gasteiger partial charge is 0.396 e. The molecule has 5 nitrogen and oxygen atoms in total. The molecular weight excluding hydrogens is 343 g/mol. The van der Waals surface area contributed by atoms with E-state index < -0.39 is 12.7 Å². The molecule has 7 heteroatoms. The Labute approximate surface area is 147 Å². The number of amides is 2. The molecule has 2 amide bonds. The fourth-order valence-electron chi connectivity index (χ4n) is 1.77. The number of carbonyl (C=O) groups excluding carboxylic acids is 1. The summed E-state index contributed by atoms with van der Waals surface area (Å²) in [6.07, 6.45) is 0. The van der Waals surface area contributed by atoms with Crippen molar-refractivity contribution in [2.24, 2.45) is 5.92 Å². The molecule has 0 aliphatic carbocycles. The quantitative estimate of drug-likeness (QED) is 0.718. The van der Waals surface area contributed by atoms with Crippen LogP contribution in [-0.4, -0.2) is 12.6 Å². The van der Waals surface area contributed by atoms with Gasteiger partial charge in [0, 0.05) is 18.4 Å². The summed E-state index contributed by atoms with van der Waals surface area (Å²) in [6, 6.07) is 17.7. The molecule has 0 aromatic heterocycles. The molecule has 128 valence electrons. The fourth-order valence-corrected chi connectivity index (χ4v) is 3.79. The van der Waals surface area contributed by atoms with Crippen molar-refractivity contribution in [2.45, 2.75) is 13.8 Å². The summed E-state index contributed by atoms with van der Waals surface area (Å²) in [4.78, 5) is 12.1. The molecule has 0 aliphatic rings. The summed E-state index contributed by atoms with van der Waals surface area (Å²) in [5, 5.41) is 5.44. The third-order valence-corrected chi connectivity index (χ3v) is 4.95. The summed E-state index contributed by atoms with van der Waals surface area (Å²) < 4.78 is 11.6. The molecule has 0 heterocycles. The van der Waals surface area contributed by atoms with E-state index in [1.54, 1.807) is 24.3 Å². The van der Waals surface area contributed by atoms with Crippen molar-refractivity contribution < 1.29 is 13.8 Å². The maximum atomic E-state index is 12.1. The second kappa shape index (κ2) is 8.71. The van der Waals surface area contributed by atoms with Crippen LogP contribution in [0.15, 0.2) is 60.7 Å². The minimum atomic E-state index is -3.11. The van der Waals surface area contributed by atoms with Gasteiger partial charge in [0.1, 0.15) is 11.5 Å². The lowest BCUT2D eigenvalue weighted by molar-refractivity contribution is 0.243. The Morgan fingerprint density at radius 3 is 1.88 bits per heavy atom. The predicted molar refractivity (Wildman–Crippen MR) is 99.8 cm³/mol. The number of benzene rings is 2. The van der Waals surface area contributed by atoms with Crippen LogP contribution in [0.2, 0.25) is 0 Å². The van der Waals surface area contributed by atoms with Crippen LogP contribution in [0.1, 0.15) is 13.8 Å². The van der Waals surface area contributed by atoms with Crippen LogP contribution in [0, 0.1) is 5.92 Å². The monoisotopic (exact) mass is 364 g/mol. The molecule has 0 bridgehead atoms. The summed E-state index contributed by atoms with van der Waals surface area (Å²) >= 11 is 5.52. The van der Waals surface area contributed by atoms with Gasteiger partial charge in [0.15, 0.2) is 0 Å². The largest absolute Gasteiger partial charge is 0.420 e. The summed E-state index contributed by atoms with van der Waals surface area (Å²) in [5.74, 6) is 1.42. The maximum Gasteiger partial charge on any atom is 0.396 e. The lowest BCUT2D eigenvalue weighted by Crippen LogP contribution is -2.37. The zero-order chi connectivity index (χ0) is 17.4. The van der Waals surface area contributed by atoms with Crippen LogP contribution in [-0.2, 0) is 11.8 Å². The average Bonchev–Trinajstić information content (AvgIpc) is 2.54. The summed E-state index contributed by atoms with van der Waals surface area (Å²) in [7, 11) is 0.